The second kappa shape index (κ2) is 8.48. The molecule has 0 heterocycles. The van der Waals surface area contributed by atoms with Gasteiger partial charge in [-0.3, -0.25) is 9.59 Å². The topological polar surface area (TPSA) is 49.4 Å². The van der Waals surface area contributed by atoms with Crippen molar-refractivity contribution >= 4 is 33.4 Å². The van der Waals surface area contributed by atoms with Gasteiger partial charge in [0.05, 0.1) is 6.42 Å². The number of rotatable bonds is 6. The highest BCUT2D eigenvalue weighted by molar-refractivity contribution is 9.10. The van der Waals surface area contributed by atoms with Gasteiger partial charge in [-0.2, -0.15) is 0 Å². The third-order valence-corrected chi connectivity index (χ3v) is 3.85. The highest BCUT2D eigenvalue weighted by Crippen LogP contribution is 2.13. The average molecular weight is 375 g/mol. The van der Waals surface area contributed by atoms with Gasteiger partial charge in [-0.15, -0.1) is 0 Å². The van der Waals surface area contributed by atoms with Gasteiger partial charge < -0.3 is 10.2 Å². The van der Waals surface area contributed by atoms with Gasteiger partial charge in [-0.25, -0.2) is 0 Å². The molecular weight excluding hydrogens is 356 g/mol. The molecule has 2 amide bonds. The van der Waals surface area contributed by atoms with Crippen LogP contribution in [0, 0.1) is 0 Å². The van der Waals surface area contributed by atoms with Crippen LogP contribution < -0.4 is 10.2 Å². The fourth-order valence-electron chi connectivity index (χ4n) is 2.28. The van der Waals surface area contributed by atoms with Crippen molar-refractivity contribution in [3.63, 3.8) is 0 Å². The first-order valence-electron chi connectivity index (χ1n) is 7.40. The minimum atomic E-state index is -0.0559. The van der Waals surface area contributed by atoms with E-state index in [2.05, 4.69) is 21.2 Å². The quantitative estimate of drug-likeness (QED) is 0.843. The van der Waals surface area contributed by atoms with E-state index in [0.717, 1.165) is 15.7 Å². The number of nitrogens with zero attached hydrogens (tertiary/aromatic N) is 1. The highest BCUT2D eigenvalue weighted by atomic mass is 79.9. The van der Waals surface area contributed by atoms with Gasteiger partial charge >= 0.3 is 0 Å². The van der Waals surface area contributed by atoms with Gasteiger partial charge in [0, 0.05) is 30.2 Å². The number of carbonyl (C=O) groups is 2. The molecule has 0 radical (unpaired) electrons. The van der Waals surface area contributed by atoms with E-state index in [4.69, 9.17) is 0 Å². The molecule has 4 nitrogen and oxygen atoms in total. The Labute approximate surface area is 144 Å². The summed E-state index contributed by atoms with van der Waals surface area (Å²) in [6, 6.07) is 17.1. The Morgan fingerprint density at radius 1 is 1.09 bits per heavy atom. The number of anilines is 1. The lowest BCUT2D eigenvalue weighted by Crippen LogP contribution is -2.38. The van der Waals surface area contributed by atoms with Gasteiger partial charge in [0.25, 0.3) is 0 Å². The smallest absolute Gasteiger partial charge is 0.224 e. The zero-order valence-electron chi connectivity index (χ0n) is 13.0. The van der Waals surface area contributed by atoms with Crippen LogP contribution in [0.5, 0.6) is 0 Å². The SMILES string of the molecule is CC(=O)N(CCNC(=O)Cc1cccc(Br)c1)c1ccccc1. The Balaban J connectivity index is 1.85. The summed E-state index contributed by atoms with van der Waals surface area (Å²) in [6.07, 6.45) is 0.324. The molecule has 5 heteroatoms. The highest BCUT2D eigenvalue weighted by Gasteiger charge is 2.11. The molecule has 2 aromatic carbocycles. The predicted octanol–water partition coefficient (Wildman–Crippen LogP) is 3.16. The summed E-state index contributed by atoms with van der Waals surface area (Å²) in [5, 5.41) is 2.86. The fourth-order valence-corrected chi connectivity index (χ4v) is 2.72. The molecule has 2 rings (SSSR count). The Morgan fingerprint density at radius 2 is 1.83 bits per heavy atom. The lowest BCUT2D eigenvalue weighted by Gasteiger charge is -2.21. The van der Waals surface area contributed by atoms with E-state index in [1.165, 1.54) is 6.92 Å². The molecule has 1 N–H and O–H groups in total. The number of halogens is 1. The normalized spacial score (nSPS) is 10.2. The summed E-state index contributed by atoms with van der Waals surface area (Å²) in [4.78, 5) is 25.4. The first kappa shape index (κ1) is 17.2. The van der Waals surface area contributed by atoms with Crippen LogP contribution in [-0.2, 0) is 16.0 Å². The van der Waals surface area contributed by atoms with Gasteiger partial charge in [-0.05, 0) is 29.8 Å². The number of benzene rings is 2. The molecule has 0 unspecified atom stereocenters. The van der Waals surface area contributed by atoms with E-state index < -0.39 is 0 Å². The molecule has 2 aromatic rings. The van der Waals surface area contributed by atoms with Crippen LogP contribution in [0.1, 0.15) is 12.5 Å². The maximum absolute atomic E-state index is 12.0. The number of hydrogen-bond acceptors (Lipinski definition) is 2. The van der Waals surface area contributed by atoms with Crippen LogP contribution in [0.4, 0.5) is 5.69 Å². The van der Waals surface area contributed by atoms with E-state index in [0.29, 0.717) is 19.5 Å². The number of carbonyl (C=O) groups excluding carboxylic acids is 2. The van der Waals surface area contributed by atoms with Crippen molar-refractivity contribution in [1.82, 2.24) is 5.32 Å². The van der Waals surface area contributed by atoms with Crippen molar-refractivity contribution in [1.29, 1.82) is 0 Å². The van der Waals surface area contributed by atoms with Gasteiger partial charge in [0.15, 0.2) is 0 Å². The molecule has 0 saturated heterocycles. The summed E-state index contributed by atoms with van der Waals surface area (Å²) in [7, 11) is 0. The van der Waals surface area contributed by atoms with E-state index in [-0.39, 0.29) is 11.8 Å². The third-order valence-electron chi connectivity index (χ3n) is 3.36. The van der Waals surface area contributed by atoms with E-state index in [9.17, 15) is 9.59 Å². The maximum atomic E-state index is 12.0. The number of nitrogens with one attached hydrogen (secondary N) is 1. The van der Waals surface area contributed by atoms with Gasteiger partial charge in [0.1, 0.15) is 0 Å². The maximum Gasteiger partial charge on any atom is 0.224 e. The third kappa shape index (κ3) is 5.53. The van der Waals surface area contributed by atoms with Crippen LogP contribution in [0.15, 0.2) is 59.1 Å². The molecule has 0 bridgehead atoms. The Morgan fingerprint density at radius 3 is 2.48 bits per heavy atom. The molecular formula is C18H19BrN2O2. The Hall–Kier alpha value is -2.14. The molecule has 0 aliphatic carbocycles. The standard InChI is InChI=1S/C18H19BrN2O2/c1-14(22)21(17-8-3-2-4-9-17)11-10-20-18(23)13-15-6-5-7-16(19)12-15/h2-9,12H,10-11,13H2,1H3,(H,20,23). The van der Waals surface area contributed by atoms with Crippen molar-refractivity contribution < 1.29 is 9.59 Å². The lowest BCUT2D eigenvalue weighted by molar-refractivity contribution is -0.121. The zero-order valence-corrected chi connectivity index (χ0v) is 14.5. The number of hydrogen-bond donors (Lipinski definition) is 1. The first-order chi connectivity index (χ1) is 11.1. The molecule has 120 valence electrons. The average Bonchev–Trinajstić information content (AvgIpc) is 2.52. The predicted molar refractivity (Wildman–Crippen MR) is 95.3 cm³/mol. The number of para-hydroxylation sites is 1. The van der Waals surface area contributed by atoms with Crippen LogP contribution in [0.2, 0.25) is 0 Å². The molecule has 0 aromatic heterocycles. The summed E-state index contributed by atoms with van der Waals surface area (Å²) in [6.45, 7) is 2.39. The van der Waals surface area contributed by atoms with E-state index in [1.54, 1.807) is 4.90 Å². The molecule has 0 fully saturated rings. The van der Waals surface area contributed by atoms with Crippen LogP contribution in [0.3, 0.4) is 0 Å². The minimum Gasteiger partial charge on any atom is -0.354 e. The molecule has 23 heavy (non-hydrogen) atoms. The Bertz CT molecular complexity index is 674. The van der Waals surface area contributed by atoms with E-state index in [1.807, 2.05) is 54.6 Å². The van der Waals surface area contributed by atoms with Crippen LogP contribution in [-0.4, -0.2) is 24.9 Å². The molecule has 0 saturated carbocycles. The van der Waals surface area contributed by atoms with Crippen molar-refractivity contribution in [3.05, 3.63) is 64.6 Å². The van der Waals surface area contributed by atoms with Crippen LogP contribution >= 0.6 is 15.9 Å². The molecule has 0 aliphatic rings. The number of amides is 2. The van der Waals surface area contributed by atoms with Gasteiger partial charge in [0.2, 0.25) is 11.8 Å². The first-order valence-corrected chi connectivity index (χ1v) is 8.20. The van der Waals surface area contributed by atoms with Crippen molar-refractivity contribution in [2.45, 2.75) is 13.3 Å². The monoisotopic (exact) mass is 374 g/mol. The Kier molecular flexibility index (Phi) is 6.35. The van der Waals surface area contributed by atoms with Crippen molar-refractivity contribution in [2.75, 3.05) is 18.0 Å². The van der Waals surface area contributed by atoms with Gasteiger partial charge in [-0.1, -0.05) is 46.3 Å². The molecule has 0 atom stereocenters. The summed E-state index contributed by atoms with van der Waals surface area (Å²) in [5.74, 6) is -0.0999. The molecule has 0 spiro atoms. The second-order valence-electron chi connectivity index (χ2n) is 5.16. The molecule has 0 aliphatic heterocycles. The lowest BCUT2D eigenvalue weighted by atomic mass is 10.1. The summed E-state index contributed by atoms with van der Waals surface area (Å²) in [5.41, 5.74) is 1.78. The van der Waals surface area contributed by atoms with Crippen molar-refractivity contribution in [3.8, 4) is 0 Å². The largest absolute Gasteiger partial charge is 0.354 e. The second-order valence-corrected chi connectivity index (χ2v) is 6.08. The fraction of sp³-hybridized carbons (Fsp3) is 0.222. The van der Waals surface area contributed by atoms with Crippen LogP contribution in [0.25, 0.3) is 0 Å². The van der Waals surface area contributed by atoms with E-state index >= 15 is 0 Å². The summed E-state index contributed by atoms with van der Waals surface area (Å²) >= 11 is 3.39. The zero-order chi connectivity index (χ0) is 16.7. The summed E-state index contributed by atoms with van der Waals surface area (Å²) < 4.78 is 0.953. The van der Waals surface area contributed by atoms with Crippen molar-refractivity contribution in [2.24, 2.45) is 0 Å². The minimum absolute atomic E-state index is 0.0440.